The SMILES string of the molecule is O=C(NCc1ccco1)c1cn(Cc2ccc(F)cc2)nn1. The van der Waals surface area contributed by atoms with Crippen LogP contribution >= 0.6 is 0 Å². The summed E-state index contributed by atoms with van der Waals surface area (Å²) in [4.78, 5) is 11.9. The second kappa shape index (κ2) is 6.21. The summed E-state index contributed by atoms with van der Waals surface area (Å²) in [5, 5.41) is 10.4. The van der Waals surface area contributed by atoms with E-state index in [-0.39, 0.29) is 24.0 Å². The number of furan rings is 1. The summed E-state index contributed by atoms with van der Waals surface area (Å²) in [7, 11) is 0. The van der Waals surface area contributed by atoms with Crippen molar-refractivity contribution in [1.82, 2.24) is 20.3 Å². The summed E-state index contributed by atoms with van der Waals surface area (Å²) in [6, 6.07) is 9.60. The van der Waals surface area contributed by atoms with Crippen LogP contribution in [-0.4, -0.2) is 20.9 Å². The average molecular weight is 300 g/mol. The Balaban J connectivity index is 1.60. The van der Waals surface area contributed by atoms with E-state index in [4.69, 9.17) is 4.42 Å². The summed E-state index contributed by atoms with van der Waals surface area (Å²) in [6.07, 6.45) is 3.08. The van der Waals surface area contributed by atoms with E-state index in [1.807, 2.05) is 0 Å². The molecule has 6 nitrogen and oxygen atoms in total. The van der Waals surface area contributed by atoms with Crippen molar-refractivity contribution in [2.24, 2.45) is 0 Å². The molecule has 0 spiro atoms. The third-order valence-electron chi connectivity index (χ3n) is 3.03. The predicted molar refractivity (Wildman–Crippen MR) is 75.4 cm³/mol. The maximum absolute atomic E-state index is 12.8. The van der Waals surface area contributed by atoms with Crippen LogP contribution in [0.5, 0.6) is 0 Å². The van der Waals surface area contributed by atoms with Crippen molar-refractivity contribution in [3.8, 4) is 0 Å². The molecule has 0 aliphatic carbocycles. The van der Waals surface area contributed by atoms with E-state index in [0.29, 0.717) is 12.3 Å². The van der Waals surface area contributed by atoms with Gasteiger partial charge in [-0.1, -0.05) is 17.3 Å². The van der Waals surface area contributed by atoms with Gasteiger partial charge in [0.25, 0.3) is 5.91 Å². The van der Waals surface area contributed by atoms with Crippen molar-refractivity contribution in [2.45, 2.75) is 13.1 Å². The van der Waals surface area contributed by atoms with Crippen LogP contribution in [0, 0.1) is 5.82 Å². The lowest BCUT2D eigenvalue weighted by molar-refractivity contribution is 0.0943. The van der Waals surface area contributed by atoms with Gasteiger partial charge in [0.15, 0.2) is 5.69 Å². The number of benzene rings is 1. The highest BCUT2D eigenvalue weighted by Crippen LogP contribution is 2.05. The fourth-order valence-electron chi connectivity index (χ4n) is 1.93. The number of carbonyl (C=O) groups is 1. The van der Waals surface area contributed by atoms with Crippen LogP contribution in [0.2, 0.25) is 0 Å². The molecule has 2 aromatic heterocycles. The highest BCUT2D eigenvalue weighted by molar-refractivity contribution is 5.91. The number of amides is 1. The maximum atomic E-state index is 12.8. The van der Waals surface area contributed by atoms with Crippen LogP contribution in [0.15, 0.2) is 53.3 Å². The number of rotatable bonds is 5. The third kappa shape index (κ3) is 3.38. The normalized spacial score (nSPS) is 10.6. The van der Waals surface area contributed by atoms with Gasteiger partial charge in [-0.3, -0.25) is 4.79 Å². The number of nitrogens with zero attached hydrogens (tertiary/aromatic N) is 3. The molecule has 2 heterocycles. The standard InChI is InChI=1S/C15H13FN4O2/c16-12-5-3-11(4-6-12)9-20-10-14(18-19-20)15(21)17-8-13-2-1-7-22-13/h1-7,10H,8-9H2,(H,17,21). The van der Waals surface area contributed by atoms with E-state index in [0.717, 1.165) is 5.56 Å². The summed E-state index contributed by atoms with van der Waals surface area (Å²) in [5.74, 6) is 0.0362. The minimum atomic E-state index is -0.332. The number of halogens is 1. The van der Waals surface area contributed by atoms with Crippen LogP contribution in [-0.2, 0) is 13.1 Å². The van der Waals surface area contributed by atoms with Crippen molar-refractivity contribution in [3.05, 3.63) is 71.7 Å². The molecule has 1 amide bonds. The van der Waals surface area contributed by atoms with E-state index in [9.17, 15) is 9.18 Å². The van der Waals surface area contributed by atoms with E-state index in [1.54, 1.807) is 36.7 Å². The Kier molecular flexibility index (Phi) is 3.95. The monoisotopic (exact) mass is 300 g/mol. The molecule has 1 aromatic carbocycles. The van der Waals surface area contributed by atoms with Crippen LogP contribution < -0.4 is 5.32 Å². The molecule has 1 N–H and O–H groups in total. The zero-order chi connectivity index (χ0) is 15.4. The molecule has 0 aliphatic rings. The van der Waals surface area contributed by atoms with E-state index in [1.165, 1.54) is 16.8 Å². The Hall–Kier alpha value is -2.96. The third-order valence-corrected chi connectivity index (χ3v) is 3.03. The molecule has 0 fully saturated rings. The lowest BCUT2D eigenvalue weighted by Gasteiger charge is -2.00. The fraction of sp³-hybridized carbons (Fsp3) is 0.133. The highest BCUT2D eigenvalue weighted by Gasteiger charge is 2.11. The molecule has 0 unspecified atom stereocenters. The minimum Gasteiger partial charge on any atom is -0.467 e. The maximum Gasteiger partial charge on any atom is 0.273 e. The van der Waals surface area contributed by atoms with Crippen molar-refractivity contribution in [2.75, 3.05) is 0 Å². The molecule has 0 radical (unpaired) electrons. The van der Waals surface area contributed by atoms with E-state index < -0.39 is 0 Å². The Labute approximate surface area is 125 Å². The Morgan fingerprint density at radius 3 is 2.82 bits per heavy atom. The number of hydrogen-bond donors (Lipinski definition) is 1. The van der Waals surface area contributed by atoms with Crippen molar-refractivity contribution in [1.29, 1.82) is 0 Å². The predicted octanol–water partition coefficient (Wildman–Crippen LogP) is 1.99. The van der Waals surface area contributed by atoms with Gasteiger partial charge in [0.2, 0.25) is 0 Å². The van der Waals surface area contributed by atoms with Gasteiger partial charge >= 0.3 is 0 Å². The second-order valence-corrected chi connectivity index (χ2v) is 4.69. The summed E-state index contributed by atoms with van der Waals surface area (Å²) in [5.41, 5.74) is 1.09. The first-order valence-electron chi connectivity index (χ1n) is 6.66. The Morgan fingerprint density at radius 2 is 2.09 bits per heavy atom. The van der Waals surface area contributed by atoms with Gasteiger partial charge in [-0.05, 0) is 29.8 Å². The number of aromatic nitrogens is 3. The Bertz CT molecular complexity index is 750. The molecule has 22 heavy (non-hydrogen) atoms. The van der Waals surface area contributed by atoms with Crippen molar-refractivity contribution >= 4 is 5.91 Å². The first kappa shape index (κ1) is 14.0. The molecule has 3 rings (SSSR count). The second-order valence-electron chi connectivity index (χ2n) is 4.69. The highest BCUT2D eigenvalue weighted by atomic mass is 19.1. The quantitative estimate of drug-likeness (QED) is 0.782. The number of carbonyl (C=O) groups excluding carboxylic acids is 1. The molecule has 0 atom stereocenters. The molecule has 0 saturated carbocycles. The molecular formula is C15H13FN4O2. The van der Waals surface area contributed by atoms with Crippen LogP contribution in [0.25, 0.3) is 0 Å². The zero-order valence-corrected chi connectivity index (χ0v) is 11.6. The fourth-order valence-corrected chi connectivity index (χ4v) is 1.93. The van der Waals surface area contributed by atoms with Gasteiger partial charge in [0.05, 0.1) is 25.5 Å². The number of hydrogen-bond acceptors (Lipinski definition) is 4. The first-order valence-corrected chi connectivity index (χ1v) is 6.66. The molecular weight excluding hydrogens is 287 g/mol. The van der Waals surface area contributed by atoms with Gasteiger partial charge in [-0.2, -0.15) is 0 Å². The number of nitrogens with one attached hydrogen (secondary N) is 1. The zero-order valence-electron chi connectivity index (χ0n) is 11.6. The van der Waals surface area contributed by atoms with Crippen molar-refractivity contribution in [3.63, 3.8) is 0 Å². The van der Waals surface area contributed by atoms with Crippen molar-refractivity contribution < 1.29 is 13.6 Å². The largest absolute Gasteiger partial charge is 0.467 e. The molecule has 0 saturated heterocycles. The lowest BCUT2D eigenvalue weighted by Crippen LogP contribution is -2.22. The van der Waals surface area contributed by atoms with E-state index in [2.05, 4.69) is 15.6 Å². The lowest BCUT2D eigenvalue weighted by atomic mass is 10.2. The van der Waals surface area contributed by atoms with Crippen LogP contribution in [0.3, 0.4) is 0 Å². The van der Waals surface area contributed by atoms with E-state index >= 15 is 0 Å². The topological polar surface area (TPSA) is 73.0 Å². The summed E-state index contributed by atoms with van der Waals surface area (Å²) >= 11 is 0. The van der Waals surface area contributed by atoms with Gasteiger partial charge in [-0.15, -0.1) is 5.10 Å². The van der Waals surface area contributed by atoms with Gasteiger partial charge in [0, 0.05) is 0 Å². The molecule has 0 bridgehead atoms. The summed E-state index contributed by atoms with van der Waals surface area (Å²) in [6.45, 7) is 0.704. The Morgan fingerprint density at radius 1 is 1.27 bits per heavy atom. The van der Waals surface area contributed by atoms with Gasteiger partial charge in [-0.25, -0.2) is 9.07 Å². The smallest absolute Gasteiger partial charge is 0.273 e. The average Bonchev–Trinajstić information content (AvgIpc) is 3.19. The molecule has 3 aromatic rings. The first-order chi connectivity index (χ1) is 10.7. The minimum absolute atomic E-state index is 0.216. The van der Waals surface area contributed by atoms with Crippen LogP contribution in [0.4, 0.5) is 4.39 Å². The summed E-state index contributed by atoms with van der Waals surface area (Å²) < 4.78 is 19.5. The van der Waals surface area contributed by atoms with Crippen LogP contribution in [0.1, 0.15) is 21.8 Å². The van der Waals surface area contributed by atoms with Gasteiger partial charge in [0.1, 0.15) is 11.6 Å². The van der Waals surface area contributed by atoms with Gasteiger partial charge < -0.3 is 9.73 Å². The molecule has 112 valence electrons. The molecule has 7 heteroatoms. The molecule has 0 aliphatic heterocycles.